The summed E-state index contributed by atoms with van der Waals surface area (Å²) in [6, 6.07) is 8.19. The molecule has 32 heavy (non-hydrogen) atoms. The second-order valence-electron chi connectivity index (χ2n) is 7.14. The van der Waals surface area contributed by atoms with Crippen LogP contribution in [0.1, 0.15) is 44.5 Å². The minimum atomic E-state index is -4.07. The van der Waals surface area contributed by atoms with E-state index in [1.165, 1.54) is 25.1 Å². The molecule has 0 N–H and O–H groups in total. The monoisotopic (exact) mass is 476 g/mol. The number of hydrogen-bond acceptors (Lipinski definition) is 7. The number of halogens is 2. The Labute approximate surface area is 189 Å². The highest BCUT2D eigenvalue weighted by Gasteiger charge is 2.25. The lowest BCUT2D eigenvalue weighted by molar-refractivity contribution is 0.0725. The molecular weight excluding hydrogens is 459 g/mol. The molecule has 0 atom stereocenters. The van der Waals surface area contributed by atoms with Crippen LogP contribution >= 0.6 is 11.6 Å². The number of aromatic nitrogens is 2. The summed E-state index contributed by atoms with van der Waals surface area (Å²) in [7, 11) is -4.07. The number of aryl methyl sites for hydroxylation is 2. The predicted octanol–water partition coefficient (Wildman–Crippen LogP) is 4.28. The van der Waals surface area contributed by atoms with Crippen molar-refractivity contribution in [2.24, 2.45) is 0 Å². The average Bonchev–Trinajstić information content (AvgIpc) is 2.68. The number of rotatable bonds is 6. The number of sulfone groups is 1. The van der Waals surface area contributed by atoms with Crippen molar-refractivity contribution in [3.8, 4) is 5.75 Å². The van der Waals surface area contributed by atoms with Gasteiger partial charge in [-0.3, -0.25) is 4.79 Å². The van der Waals surface area contributed by atoms with E-state index in [4.69, 9.17) is 16.3 Å². The Morgan fingerprint density at radius 3 is 2.41 bits per heavy atom. The highest BCUT2D eigenvalue weighted by molar-refractivity contribution is 7.90. The van der Waals surface area contributed by atoms with Gasteiger partial charge in [0.05, 0.1) is 22.5 Å². The number of hydrogen-bond donors (Lipinski definition) is 0. The van der Waals surface area contributed by atoms with Gasteiger partial charge in [-0.2, -0.15) is 0 Å². The van der Waals surface area contributed by atoms with Gasteiger partial charge in [0.2, 0.25) is 15.0 Å². The van der Waals surface area contributed by atoms with Gasteiger partial charge in [-0.15, -0.1) is 0 Å². The number of ether oxygens (including phenoxy) is 1. The molecule has 1 aromatic heterocycles. The molecular formula is C22H18ClFN2O5S. The first kappa shape index (κ1) is 23.5. The lowest BCUT2D eigenvalue weighted by Gasteiger charge is -2.12. The minimum absolute atomic E-state index is 0.0189. The number of ketones is 1. The fourth-order valence-electron chi connectivity index (χ4n) is 3.12. The molecule has 0 fully saturated rings. The van der Waals surface area contributed by atoms with E-state index in [-0.39, 0.29) is 22.1 Å². The summed E-state index contributed by atoms with van der Waals surface area (Å²) >= 11 is 6.02. The van der Waals surface area contributed by atoms with Gasteiger partial charge < -0.3 is 4.74 Å². The Kier molecular flexibility index (Phi) is 6.71. The van der Waals surface area contributed by atoms with E-state index in [1.54, 1.807) is 19.9 Å². The van der Waals surface area contributed by atoms with Crippen LogP contribution < -0.4 is 4.74 Å². The summed E-state index contributed by atoms with van der Waals surface area (Å²) in [5.74, 6) is -2.33. The van der Waals surface area contributed by atoms with Crippen LogP contribution in [0.5, 0.6) is 5.75 Å². The van der Waals surface area contributed by atoms with Crippen molar-refractivity contribution in [2.45, 2.75) is 31.7 Å². The van der Waals surface area contributed by atoms with E-state index in [0.717, 1.165) is 23.9 Å². The number of carbonyl (C=O) groups excluding carboxylic acids is 2. The zero-order valence-corrected chi connectivity index (χ0v) is 18.9. The summed E-state index contributed by atoms with van der Waals surface area (Å²) in [4.78, 5) is 32.3. The maximum absolute atomic E-state index is 13.1. The van der Waals surface area contributed by atoms with Crippen molar-refractivity contribution in [2.75, 3.05) is 0 Å². The molecule has 0 aliphatic rings. The second kappa shape index (κ2) is 9.13. The summed E-state index contributed by atoms with van der Waals surface area (Å²) < 4.78 is 43.8. The molecule has 166 valence electrons. The Bertz CT molecular complexity index is 1320. The molecule has 1 heterocycles. The van der Waals surface area contributed by atoms with Crippen LogP contribution in [0.3, 0.4) is 0 Å². The molecule has 3 rings (SSSR count). The summed E-state index contributed by atoms with van der Waals surface area (Å²) in [6.45, 7) is 4.82. The van der Waals surface area contributed by atoms with Gasteiger partial charge in [0, 0.05) is 0 Å². The lowest BCUT2D eigenvalue weighted by atomic mass is 10.0. The molecule has 3 aromatic rings. The van der Waals surface area contributed by atoms with Crippen LogP contribution in [0.15, 0.2) is 47.8 Å². The number of benzene rings is 2. The largest absolute Gasteiger partial charge is 0.421 e. The molecule has 0 saturated heterocycles. The zero-order chi connectivity index (χ0) is 23.6. The molecule has 0 aliphatic heterocycles. The van der Waals surface area contributed by atoms with E-state index in [9.17, 15) is 22.4 Å². The number of carbonyl (C=O) groups is 2. The highest BCUT2D eigenvalue weighted by atomic mass is 35.5. The molecule has 0 spiro atoms. The van der Waals surface area contributed by atoms with Crippen molar-refractivity contribution in [1.82, 2.24) is 9.97 Å². The molecule has 0 bridgehead atoms. The van der Waals surface area contributed by atoms with E-state index in [2.05, 4.69) is 9.97 Å². The van der Waals surface area contributed by atoms with E-state index >= 15 is 0 Å². The van der Waals surface area contributed by atoms with Crippen LogP contribution in [0.2, 0.25) is 5.02 Å². The van der Waals surface area contributed by atoms with Crippen molar-refractivity contribution in [3.63, 3.8) is 0 Å². The van der Waals surface area contributed by atoms with Gasteiger partial charge in [-0.05, 0) is 55.7 Å². The van der Waals surface area contributed by atoms with Crippen molar-refractivity contribution >= 4 is 33.2 Å². The van der Waals surface area contributed by atoms with Gasteiger partial charge in [0.15, 0.2) is 11.5 Å². The van der Waals surface area contributed by atoms with Crippen LogP contribution in [0.25, 0.3) is 0 Å². The Morgan fingerprint density at radius 2 is 1.78 bits per heavy atom. The molecule has 7 nitrogen and oxygen atoms in total. The zero-order valence-electron chi connectivity index (χ0n) is 17.3. The van der Waals surface area contributed by atoms with Crippen LogP contribution in [0.4, 0.5) is 4.39 Å². The molecule has 0 aliphatic carbocycles. The molecule has 0 amide bonds. The topological polar surface area (TPSA) is 103 Å². The Morgan fingerprint density at radius 1 is 1.12 bits per heavy atom. The predicted molar refractivity (Wildman–Crippen MR) is 115 cm³/mol. The number of Topliss-reactive ketones (excluding diaryl/α,β-unsaturated/α-hetero) is 1. The van der Waals surface area contributed by atoms with Crippen LogP contribution in [0, 0.1) is 19.7 Å². The highest BCUT2D eigenvalue weighted by Crippen LogP contribution is 2.27. The third kappa shape index (κ3) is 5.17. The normalized spacial score (nSPS) is 11.3. The quantitative estimate of drug-likeness (QED) is 0.226. The summed E-state index contributed by atoms with van der Waals surface area (Å²) in [5.41, 5.74) is 1.45. The number of esters is 1. The van der Waals surface area contributed by atoms with Gasteiger partial charge in [0.25, 0.3) is 0 Å². The third-order valence-electron chi connectivity index (χ3n) is 4.46. The van der Waals surface area contributed by atoms with E-state index in [1.807, 2.05) is 0 Å². The first-order valence-corrected chi connectivity index (χ1v) is 11.3. The molecule has 0 unspecified atom stereocenters. The molecule has 0 saturated carbocycles. The molecule has 0 radical (unpaired) electrons. The smallest absolute Gasteiger partial charge is 0.364 e. The summed E-state index contributed by atoms with van der Waals surface area (Å²) in [5, 5.41) is -0.852. The average molecular weight is 477 g/mol. The van der Waals surface area contributed by atoms with Gasteiger partial charge in [-0.25, -0.2) is 27.6 Å². The SMILES string of the molecule is CC(=O)c1c(C)cc(C)cc1OC(=O)c1nc(S(=O)(=O)Cc2ccc(F)cc2)ncc1Cl. The maximum Gasteiger partial charge on any atom is 0.364 e. The van der Waals surface area contributed by atoms with Crippen LogP contribution in [-0.2, 0) is 15.6 Å². The Hall–Kier alpha value is -3.17. The van der Waals surface area contributed by atoms with Crippen molar-refractivity contribution in [3.05, 3.63) is 81.4 Å². The third-order valence-corrected chi connectivity index (χ3v) is 6.20. The van der Waals surface area contributed by atoms with E-state index in [0.29, 0.717) is 11.1 Å². The minimum Gasteiger partial charge on any atom is -0.421 e. The lowest BCUT2D eigenvalue weighted by Crippen LogP contribution is -2.17. The van der Waals surface area contributed by atoms with Crippen molar-refractivity contribution < 1.29 is 27.1 Å². The number of nitrogens with zero attached hydrogens (tertiary/aromatic N) is 2. The van der Waals surface area contributed by atoms with E-state index < -0.39 is 38.2 Å². The first-order chi connectivity index (χ1) is 15.0. The molecule has 2 aromatic carbocycles. The van der Waals surface area contributed by atoms with Crippen LogP contribution in [-0.4, -0.2) is 30.1 Å². The van der Waals surface area contributed by atoms with Gasteiger partial charge >= 0.3 is 5.97 Å². The Balaban J connectivity index is 1.95. The summed E-state index contributed by atoms with van der Waals surface area (Å²) in [6.07, 6.45) is 0.982. The fraction of sp³-hybridized carbons (Fsp3) is 0.182. The molecule has 10 heteroatoms. The fourth-order valence-corrected chi connectivity index (χ4v) is 4.49. The first-order valence-electron chi connectivity index (χ1n) is 9.32. The maximum atomic E-state index is 13.1. The standard InChI is InChI=1S/C22H18ClFN2O5S/c1-12-8-13(2)19(14(3)27)18(9-12)31-21(28)20-17(23)10-25-22(26-20)32(29,30)11-15-4-6-16(24)7-5-15/h4-10H,11H2,1-3H3. The van der Waals surface area contributed by atoms with Gasteiger partial charge in [0.1, 0.15) is 11.6 Å². The second-order valence-corrected chi connectivity index (χ2v) is 9.43. The van der Waals surface area contributed by atoms with Gasteiger partial charge in [-0.1, -0.05) is 29.8 Å². The van der Waals surface area contributed by atoms with Crippen molar-refractivity contribution in [1.29, 1.82) is 0 Å².